The van der Waals surface area contributed by atoms with Crippen LogP contribution in [0.1, 0.15) is 0 Å². The molecule has 0 aliphatic rings. The highest BCUT2D eigenvalue weighted by atomic mass is 35.5. The van der Waals surface area contributed by atoms with Gasteiger partial charge in [0.05, 0.1) is 22.6 Å². The van der Waals surface area contributed by atoms with E-state index in [1.54, 1.807) is 42.6 Å². The topological polar surface area (TPSA) is 90.1 Å². The van der Waals surface area contributed by atoms with Crippen molar-refractivity contribution < 1.29 is 9.72 Å². The van der Waals surface area contributed by atoms with E-state index in [9.17, 15) is 14.9 Å². The zero-order valence-electron chi connectivity index (χ0n) is 16.6. The van der Waals surface area contributed by atoms with Crippen LogP contribution < -0.4 is 5.32 Å². The van der Waals surface area contributed by atoms with Gasteiger partial charge in [-0.15, -0.1) is 0 Å². The Bertz CT molecular complexity index is 1280. The summed E-state index contributed by atoms with van der Waals surface area (Å²) in [6, 6.07) is 22.9. The third-order valence-corrected chi connectivity index (χ3v) is 5.73. The quantitative estimate of drug-likeness (QED) is 0.211. The fraction of sp³-hybridized carbons (Fsp3) is 0.0435. The van der Waals surface area contributed by atoms with Gasteiger partial charge in [-0.05, 0) is 30.3 Å². The molecule has 0 atom stereocenters. The number of nitrogens with zero attached hydrogens (tertiary/aromatic N) is 3. The molecular weight excluding hydrogens is 448 g/mol. The van der Waals surface area contributed by atoms with E-state index in [1.165, 1.54) is 23.9 Å². The highest BCUT2D eigenvalue weighted by Crippen LogP contribution is 2.31. The van der Waals surface area contributed by atoms with E-state index in [-0.39, 0.29) is 17.3 Å². The van der Waals surface area contributed by atoms with Gasteiger partial charge in [-0.3, -0.25) is 19.5 Å². The Morgan fingerprint density at radius 1 is 1.06 bits per heavy atom. The molecule has 0 aliphatic heterocycles. The van der Waals surface area contributed by atoms with E-state index in [0.717, 1.165) is 5.69 Å². The van der Waals surface area contributed by atoms with Gasteiger partial charge in [-0.25, -0.2) is 4.98 Å². The van der Waals surface area contributed by atoms with E-state index in [2.05, 4.69) is 10.3 Å². The molecule has 1 amide bonds. The van der Waals surface area contributed by atoms with Crippen LogP contribution in [-0.2, 0) is 4.79 Å². The first-order chi connectivity index (χ1) is 15.5. The number of imidazole rings is 1. The summed E-state index contributed by atoms with van der Waals surface area (Å²) >= 11 is 7.24. The number of nitro benzene ring substituents is 1. The number of carbonyl (C=O) groups is 1. The monoisotopic (exact) mass is 464 g/mol. The Morgan fingerprint density at radius 2 is 1.84 bits per heavy atom. The lowest BCUT2D eigenvalue weighted by Gasteiger charge is -2.12. The van der Waals surface area contributed by atoms with Gasteiger partial charge in [0.15, 0.2) is 5.16 Å². The maximum absolute atomic E-state index is 12.5. The number of hydrogen-bond donors (Lipinski definition) is 1. The van der Waals surface area contributed by atoms with Crippen molar-refractivity contribution in [3.8, 4) is 16.9 Å². The van der Waals surface area contributed by atoms with Crippen molar-refractivity contribution in [2.75, 3.05) is 11.1 Å². The molecule has 0 unspecified atom stereocenters. The second kappa shape index (κ2) is 9.67. The van der Waals surface area contributed by atoms with Crippen molar-refractivity contribution in [2.45, 2.75) is 5.16 Å². The molecule has 4 rings (SSSR count). The average molecular weight is 465 g/mol. The maximum atomic E-state index is 12.5. The van der Waals surface area contributed by atoms with Gasteiger partial charge >= 0.3 is 0 Å². The first kappa shape index (κ1) is 21.6. The predicted molar refractivity (Wildman–Crippen MR) is 126 cm³/mol. The number of carbonyl (C=O) groups excluding carboxylic acids is 1. The van der Waals surface area contributed by atoms with Gasteiger partial charge < -0.3 is 5.32 Å². The fourth-order valence-electron chi connectivity index (χ4n) is 3.14. The van der Waals surface area contributed by atoms with Crippen molar-refractivity contribution in [1.82, 2.24) is 9.55 Å². The number of benzene rings is 3. The van der Waals surface area contributed by atoms with Crippen molar-refractivity contribution in [3.05, 3.63) is 100 Å². The number of hydrogen-bond acceptors (Lipinski definition) is 5. The summed E-state index contributed by atoms with van der Waals surface area (Å²) in [6.45, 7) is 0. The number of para-hydroxylation sites is 1. The Balaban J connectivity index is 1.62. The number of nitro groups is 1. The van der Waals surface area contributed by atoms with Crippen molar-refractivity contribution in [2.24, 2.45) is 0 Å². The van der Waals surface area contributed by atoms with Gasteiger partial charge in [0.2, 0.25) is 5.91 Å². The van der Waals surface area contributed by atoms with Crippen molar-refractivity contribution in [3.63, 3.8) is 0 Å². The molecule has 0 bridgehead atoms. The third kappa shape index (κ3) is 4.99. The van der Waals surface area contributed by atoms with Crippen LogP contribution in [-0.4, -0.2) is 26.1 Å². The summed E-state index contributed by atoms with van der Waals surface area (Å²) in [5.74, 6) is -0.0677. The number of amides is 1. The number of nitrogens with one attached hydrogen (secondary N) is 1. The van der Waals surface area contributed by atoms with E-state index in [0.29, 0.717) is 27.1 Å². The smallest absolute Gasteiger partial charge is 0.270 e. The minimum absolute atomic E-state index is 0.00147. The predicted octanol–water partition coefficient (Wildman–Crippen LogP) is 5.83. The van der Waals surface area contributed by atoms with Gasteiger partial charge in [0, 0.05) is 34.1 Å². The summed E-state index contributed by atoms with van der Waals surface area (Å²) in [7, 11) is 0. The minimum Gasteiger partial charge on any atom is -0.325 e. The molecule has 1 N–H and O–H groups in total. The molecule has 4 aromatic rings. The number of non-ortho nitro benzene ring substituents is 1. The zero-order valence-corrected chi connectivity index (χ0v) is 18.2. The normalized spacial score (nSPS) is 10.7. The van der Waals surface area contributed by atoms with Crippen LogP contribution in [0, 0.1) is 10.1 Å². The Kier molecular flexibility index (Phi) is 6.53. The Morgan fingerprint density at radius 3 is 2.59 bits per heavy atom. The number of aromatic nitrogens is 2. The Labute approximate surface area is 193 Å². The summed E-state index contributed by atoms with van der Waals surface area (Å²) in [5, 5.41) is 15.2. The first-order valence-corrected chi connectivity index (χ1v) is 10.9. The van der Waals surface area contributed by atoms with E-state index in [1.807, 2.05) is 34.9 Å². The molecule has 1 aromatic heterocycles. The zero-order chi connectivity index (χ0) is 22.5. The second-order valence-corrected chi connectivity index (χ2v) is 8.13. The second-order valence-electron chi connectivity index (χ2n) is 6.75. The number of halogens is 1. The van der Waals surface area contributed by atoms with Gasteiger partial charge in [0.1, 0.15) is 0 Å². The van der Waals surface area contributed by atoms with Gasteiger partial charge in [-0.2, -0.15) is 0 Å². The highest BCUT2D eigenvalue weighted by molar-refractivity contribution is 7.99. The molecule has 9 heteroatoms. The molecule has 0 spiro atoms. The van der Waals surface area contributed by atoms with E-state index < -0.39 is 4.92 Å². The van der Waals surface area contributed by atoms with Crippen LogP contribution in [0.15, 0.2) is 90.2 Å². The highest BCUT2D eigenvalue weighted by Gasteiger charge is 2.17. The molecule has 0 aliphatic carbocycles. The van der Waals surface area contributed by atoms with Gasteiger partial charge in [0.25, 0.3) is 5.69 Å². The Hall–Kier alpha value is -3.62. The summed E-state index contributed by atoms with van der Waals surface area (Å²) in [6.07, 6.45) is 1.66. The van der Waals surface area contributed by atoms with Crippen LogP contribution >= 0.6 is 23.4 Å². The van der Waals surface area contributed by atoms with Crippen LogP contribution in [0.25, 0.3) is 16.9 Å². The third-order valence-electron chi connectivity index (χ3n) is 4.54. The minimum atomic E-state index is -0.428. The lowest BCUT2D eigenvalue weighted by atomic mass is 10.1. The van der Waals surface area contributed by atoms with E-state index >= 15 is 0 Å². The molecule has 1 heterocycles. The summed E-state index contributed by atoms with van der Waals surface area (Å²) < 4.78 is 1.89. The molecule has 160 valence electrons. The molecular formula is C23H17ClN4O3S. The lowest BCUT2D eigenvalue weighted by molar-refractivity contribution is -0.384. The number of rotatable bonds is 7. The first-order valence-electron chi connectivity index (χ1n) is 9.57. The molecule has 0 saturated carbocycles. The number of thioether (sulfide) groups is 1. The molecule has 32 heavy (non-hydrogen) atoms. The van der Waals surface area contributed by atoms with Gasteiger partial charge in [-0.1, -0.05) is 59.8 Å². The van der Waals surface area contributed by atoms with Crippen LogP contribution in [0.5, 0.6) is 0 Å². The average Bonchev–Trinajstić information content (AvgIpc) is 3.22. The molecule has 0 saturated heterocycles. The molecule has 0 fully saturated rings. The molecule has 7 nitrogen and oxygen atoms in total. The largest absolute Gasteiger partial charge is 0.325 e. The lowest BCUT2D eigenvalue weighted by Crippen LogP contribution is -2.14. The van der Waals surface area contributed by atoms with E-state index in [4.69, 9.17) is 11.6 Å². The molecule has 0 radical (unpaired) electrons. The SMILES string of the molecule is O=C(CSc1ncc(-c2cccc([N+](=O)[O-])c2)n1-c1ccccc1)Nc1cccc(Cl)c1. The van der Waals surface area contributed by atoms with Crippen LogP contribution in [0.3, 0.4) is 0 Å². The van der Waals surface area contributed by atoms with Crippen LogP contribution in [0.4, 0.5) is 11.4 Å². The standard InChI is InChI=1S/C23H17ClN4O3S/c24-17-7-5-8-18(13-17)26-22(29)15-32-23-25-14-21(27(23)19-9-2-1-3-10-19)16-6-4-11-20(12-16)28(30)31/h1-14H,15H2,(H,26,29). The van der Waals surface area contributed by atoms with Crippen LogP contribution in [0.2, 0.25) is 5.02 Å². The maximum Gasteiger partial charge on any atom is 0.270 e. The molecule has 3 aromatic carbocycles. The van der Waals surface area contributed by atoms with Crippen molar-refractivity contribution in [1.29, 1.82) is 0 Å². The summed E-state index contributed by atoms with van der Waals surface area (Å²) in [5.41, 5.74) is 2.80. The summed E-state index contributed by atoms with van der Waals surface area (Å²) in [4.78, 5) is 27.7. The number of anilines is 1. The van der Waals surface area contributed by atoms with Crippen molar-refractivity contribution >= 4 is 40.6 Å². The fourth-order valence-corrected chi connectivity index (χ4v) is 4.12.